The van der Waals surface area contributed by atoms with Crippen molar-refractivity contribution in [2.45, 2.75) is 45.6 Å². The molecule has 0 N–H and O–H groups in total. The van der Waals surface area contributed by atoms with Crippen LogP contribution in [-0.2, 0) is 14.3 Å². The Morgan fingerprint density at radius 3 is 2.61 bits per heavy atom. The number of fused-ring (bicyclic) bond motifs is 2. The molecule has 1 aromatic heterocycles. The molecule has 33 heavy (non-hydrogen) atoms. The smallest absolute Gasteiger partial charge is 0.330 e. The average molecular weight is 469 g/mol. The molecule has 0 radical (unpaired) electrons. The van der Waals surface area contributed by atoms with E-state index >= 15 is 0 Å². The summed E-state index contributed by atoms with van der Waals surface area (Å²) in [5.41, 5.74) is -0.0135. The molecule has 0 aliphatic heterocycles. The number of rotatable bonds is 13. The van der Waals surface area contributed by atoms with E-state index in [4.69, 9.17) is 14.2 Å². The SMILES string of the molecule is C=CC(=O)OC(COCC(CC)CCCC)COc1ccc2sc3ccccc3c(=O)c2c1. The number of ether oxygens (including phenoxy) is 3. The van der Waals surface area contributed by atoms with Crippen LogP contribution in [0.15, 0.2) is 59.9 Å². The van der Waals surface area contributed by atoms with Crippen molar-refractivity contribution in [3.8, 4) is 5.75 Å². The lowest BCUT2D eigenvalue weighted by Crippen LogP contribution is -2.30. The molecule has 0 fully saturated rings. The van der Waals surface area contributed by atoms with Gasteiger partial charge in [0.2, 0.25) is 0 Å². The molecule has 0 amide bonds. The second-order valence-electron chi connectivity index (χ2n) is 8.11. The Balaban J connectivity index is 1.68. The summed E-state index contributed by atoms with van der Waals surface area (Å²) in [6.07, 6.45) is 5.09. The fourth-order valence-corrected chi connectivity index (χ4v) is 4.71. The molecule has 2 unspecified atom stereocenters. The van der Waals surface area contributed by atoms with Gasteiger partial charge in [-0.15, -0.1) is 11.3 Å². The molecular formula is C27H32O5S. The van der Waals surface area contributed by atoms with Crippen molar-refractivity contribution >= 4 is 37.5 Å². The van der Waals surface area contributed by atoms with Crippen LogP contribution in [0.5, 0.6) is 5.75 Å². The first-order chi connectivity index (χ1) is 16.0. The van der Waals surface area contributed by atoms with Gasteiger partial charge in [-0.25, -0.2) is 4.79 Å². The summed E-state index contributed by atoms with van der Waals surface area (Å²) in [5.74, 6) is 0.531. The van der Waals surface area contributed by atoms with Gasteiger partial charge in [-0.2, -0.15) is 0 Å². The van der Waals surface area contributed by atoms with Crippen molar-refractivity contribution < 1.29 is 19.0 Å². The van der Waals surface area contributed by atoms with Gasteiger partial charge in [0.15, 0.2) is 11.5 Å². The zero-order chi connectivity index (χ0) is 23.6. The van der Waals surface area contributed by atoms with Gasteiger partial charge < -0.3 is 14.2 Å². The van der Waals surface area contributed by atoms with E-state index in [-0.39, 0.29) is 18.6 Å². The van der Waals surface area contributed by atoms with Crippen molar-refractivity contribution in [3.05, 3.63) is 65.3 Å². The van der Waals surface area contributed by atoms with Gasteiger partial charge in [0.25, 0.3) is 0 Å². The van der Waals surface area contributed by atoms with E-state index in [1.165, 1.54) is 6.42 Å². The van der Waals surface area contributed by atoms with Crippen molar-refractivity contribution in [2.24, 2.45) is 5.92 Å². The molecule has 1 heterocycles. The lowest BCUT2D eigenvalue weighted by Gasteiger charge is -2.20. The number of esters is 1. The maximum atomic E-state index is 12.9. The van der Waals surface area contributed by atoms with Crippen LogP contribution in [0.4, 0.5) is 0 Å². The van der Waals surface area contributed by atoms with Crippen LogP contribution in [0.1, 0.15) is 39.5 Å². The van der Waals surface area contributed by atoms with Crippen molar-refractivity contribution in [1.29, 1.82) is 0 Å². The number of hydrogen-bond donors (Lipinski definition) is 0. The van der Waals surface area contributed by atoms with E-state index < -0.39 is 12.1 Å². The number of benzene rings is 2. The summed E-state index contributed by atoms with van der Waals surface area (Å²) in [4.78, 5) is 24.7. The van der Waals surface area contributed by atoms with Gasteiger partial charge in [0.1, 0.15) is 12.4 Å². The predicted octanol–water partition coefficient (Wildman–Crippen LogP) is 6.12. The molecule has 0 saturated carbocycles. The Labute approximate surface area is 199 Å². The van der Waals surface area contributed by atoms with Gasteiger partial charge in [-0.1, -0.05) is 51.8 Å². The van der Waals surface area contributed by atoms with E-state index in [0.29, 0.717) is 29.0 Å². The number of carbonyl (C=O) groups is 1. The van der Waals surface area contributed by atoms with Crippen LogP contribution in [0.2, 0.25) is 0 Å². The second kappa shape index (κ2) is 12.5. The summed E-state index contributed by atoms with van der Waals surface area (Å²) in [6.45, 7) is 8.81. The van der Waals surface area contributed by atoms with E-state index in [9.17, 15) is 9.59 Å². The van der Waals surface area contributed by atoms with Crippen LogP contribution < -0.4 is 10.2 Å². The third-order valence-electron chi connectivity index (χ3n) is 5.63. The molecular weight excluding hydrogens is 436 g/mol. The van der Waals surface area contributed by atoms with E-state index in [1.807, 2.05) is 36.4 Å². The number of unbranched alkanes of at least 4 members (excludes halogenated alkanes) is 1. The first-order valence-corrected chi connectivity index (χ1v) is 12.4. The maximum absolute atomic E-state index is 12.9. The first-order valence-electron chi connectivity index (χ1n) is 11.5. The van der Waals surface area contributed by atoms with Crippen molar-refractivity contribution in [3.63, 3.8) is 0 Å². The van der Waals surface area contributed by atoms with Gasteiger partial charge in [-0.05, 0) is 42.7 Å². The minimum atomic E-state index is -0.569. The van der Waals surface area contributed by atoms with Gasteiger partial charge in [-0.3, -0.25) is 4.79 Å². The highest BCUT2D eigenvalue weighted by Crippen LogP contribution is 2.27. The number of carbonyl (C=O) groups excluding carboxylic acids is 1. The van der Waals surface area contributed by atoms with E-state index in [2.05, 4.69) is 20.4 Å². The summed E-state index contributed by atoms with van der Waals surface area (Å²) >= 11 is 1.58. The Bertz CT molecular complexity index is 1140. The molecule has 2 aromatic carbocycles. The largest absolute Gasteiger partial charge is 0.490 e. The zero-order valence-corrected chi connectivity index (χ0v) is 20.2. The first kappa shape index (κ1) is 24.9. The summed E-state index contributed by atoms with van der Waals surface area (Å²) < 4.78 is 19.1. The standard InChI is InChI=1S/C27H32O5S/c1-4-7-10-19(5-2)16-30-17-21(32-26(28)6-3)18-31-20-13-14-25-23(15-20)27(29)22-11-8-9-12-24(22)33-25/h6,8-9,11-15,19,21H,3-5,7,10,16-18H2,1-2H3. The maximum Gasteiger partial charge on any atom is 0.330 e. The highest BCUT2D eigenvalue weighted by molar-refractivity contribution is 7.24. The van der Waals surface area contributed by atoms with Crippen LogP contribution in [-0.4, -0.2) is 31.9 Å². The molecule has 0 saturated heterocycles. The Morgan fingerprint density at radius 1 is 1.06 bits per heavy atom. The molecule has 0 bridgehead atoms. The third-order valence-corrected chi connectivity index (χ3v) is 6.79. The topological polar surface area (TPSA) is 61.8 Å². The highest BCUT2D eigenvalue weighted by Gasteiger charge is 2.16. The van der Waals surface area contributed by atoms with Gasteiger partial charge >= 0.3 is 5.97 Å². The van der Waals surface area contributed by atoms with E-state index in [1.54, 1.807) is 17.4 Å². The van der Waals surface area contributed by atoms with Crippen LogP contribution in [0, 0.1) is 5.92 Å². The number of hydrogen-bond acceptors (Lipinski definition) is 6. The summed E-state index contributed by atoms with van der Waals surface area (Å²) in [5, 5.41) is 1.32. The molecule has 0 spiro atoms. The Hall–Kier alpha value is -2.70. The molecule has 0 aliphatic rings. The minimum Gasteiger partial charge on any atom is -0.490 e. The predicted molar refractivity (Wildman–Crippen MR) is 135 cm³/mol. The lowest BCUT2D eigenvalue weighted by atomic mass is 10.0. The highest BCUT2D eigenvalue weighted by atomic mass is 32.1. The van der Waals surface area contributed by atoms with Gasteiger partial charge in [0.05, 0.1) is 6.61 Å². The molecule has 2 atom stereocenters. The fourth-order valence-electron chi connectivity index (χ4n) is 3.65. The summed E-state index contributed by atoms with van der Waals surface area (Å²) in [7, 11) is 0. The molecule has 3 rings (SSSR count). The minimum absolute atomic E-state index is 0.0135. The molecule has 176 valence electrons. The lowest BCUT2D eigenvalue weighted by molar-refractivity contribution is -0.148. The molecule has 5 nitrogen and oxygen atoms in total. The molecule has 6 heteroatoms. The summed E-state index contributed by atoms with van der Waals surface area (Å²) in [6, 6.07) is 13.1. The fraction of sp³-hybridized carbons (Fsp3) is 0.407. The van der Waals surface area contributed by atoms with Crippen molar-refractivity contribution in [1.82, 2.24) is 0 Å². The normalized spacial score (nSPS) is 13.0. The zero-order valence-electron chi connectivity index (χ0n) is 19.4. The van der Waals surface area contributed by atoms with Crippen LogP contribution in [0.3, 0.4) is 0 Å². The Morgan fingerprint density at radius 2 is 1.85 bits per heavy atom. The van der Waals surface area contributed by atoms with Crippen molar-refractivity contribution in [2.75, 3.05) is 19.8 Å². The van der Waals surface area contributed by atoms with E-state index in [0.717, 1.165) is 34.7 Å². The van der Waals surface area contributed by atoms with Crippen LogP contribution in [0.25, 0.3) is 20.2 Å². The third kappa shape index (κ3) is 6.89. The Kier molecular flexibility index (Phi) is 9.46. The quantitative estimate of drug-likeness (QED) is 0.172. The average Bonchev–Trinajstić information content (AvgIpc) is 2.84. The van der Waals surface area contributed by atoms with Gasteiger partial charge in [0, 0.05) is 32.9 Å². The molecule has 0 aliphatic carbocycles. The van der Waals surface area contributed by atoms with Crippen LogP contribution >= 0.6 is 11.3 Å². The molecule has 3 aromatic rings. The second-order valence-corrected chi connectivity index (χ2v) is 9.20. The monoisotopic (exact) mass is 468 g/mol.